The molecule has 0 aliphatic carbocycles. The lowest BCUT2D eigenvalue weighted by Gasteiger charge is -2.24. The van der Waals surface area contributed by atoms with Gasteiger partial charge < -0.3 is 15.2 Å². The van der Waals surface area contributed by atoms with E-state index in [9.17, 15) is 9.59 Å². The third-order valence-corrected chi connectivity index (χ3v) is 2.06. The minimum absolute atomic E-state index is 0.115. The summed E-state index contributed by atoms with van der Waals surface area (Å²) < 4.78 is 5.12. The molecule has 2 N–H and O–H groups in total. The van der Waals surface area contributed by atoms with Crippen molar-refractivity contribution in [3.05, 3.63) is 0 Å². The van der Waals surface area contributed by atoms with E-state index in [1.54, 1.807) is 20.8 Å². The normalized spacial score (nSPS) is 14.1. The van der Waals surface area contributed by atoms with Gasteiger partial charge in [0.2, 0.25) is 0 Å². The van der Waals surface area contributed by atoms with Crippen LogP contribution in [0.15, 0.2) is 0 Å². The van der Waals surface area contributed by atoms with Crippen molar-refractivity contribution in [1.82, 2.24) is 5.32 Å². The number of hydrogen-bond acceptors (Lipinski definition) is 4. The number of carbonyl (C=O) groups excluding carboxylic acids is 1. The van der Waals surface area contributed by atoms with Gasteiger partial charge in [0, 0.05) is 12.1 Å². The molecule has 0 bridgehead atoms. The smallest absolute Gasteiger partial charge is 0.308 e. The molecule has 0 aromatic carbocycles. The number of carboxylic acids is 1. The first-order chi connectivity index (χ1) is 7.91. The molecule has 0 rings (SSSR count). The van der Waals surface area contributed by atoms with Crippen molar-refractivity contribution < 1.29 is 19.4 Å². The van der Waals surface area contributed by atoms with Crippen molar-refractivity contribution in [1.29, 1.82) is 0 Å². The third kappa shape index (κ3) is 8.98. The molecule has 0 saturated heterocycles. The zero-order valence-electron chi connectivity index (χ0n) is 12.2. The maximum atomic E-state index is 11.6. The van der Waals surface area contributed by atoms with Gasteiger partial charge in [0.05, 0.1) is 12.3 Å². The Morgan fingerprint density at radius 1 is 1.17 bits per heavy atom. The van der Waals surface area contributed by atoms with E-state index >= 15 is 0 Å². The van der Waals surface area contributed by atoms with Crippen molar-refractivity contribution in [3.8, 4) is 0 Å². The molecule has 0 spiro atoms. The predicted molar refractivity (Wildman–Crippen MR) is 69.3 cm³/mol. The van der Waals surface area contributed by atoms with Crippen molar-refractivity contribution >= 4 is 11.9 Å². The standard InChI is InChI=1S/C13H25NO4/c1-12(2,3)14-8-9(11(16)17)7-10(15)18-13(4,5)6/h9,14H,7-8H2,1-6H3,(H,16,17)/t9-/m0/s1. The molecular weight excluding hydrogens is 234 g/mol. The van der Waals surface area contributed by atoms with Gasteiger partial charge in [-0.05, 0) is 41.5 Å². The van der Waals surface area contributed by atoms with E-state index in [-0.39, 0.29) is 18.5 Å². The van der Waals surface area contributed by atoms with Crippen LogP contribution in [0.2, 0.25) is 0 Å². The summed E-state index contributed by atoms with van der Waals surface area (Å²) in [4.78, 5) is 22.7. The number of nitrogens with one attached hydrogen (secondary N) is 1. The minimum atomic E-state index is -0.988. The van der Waals surface area contributed by atoms with Crippen molar-refractivity contribution in [3.63, 3.8) is 0 Å². The number of carbonyl (C=O) groups is 2. The largest absolute Gasteiger partial charge is 0.481 e. The van der Waals surface area contributed by atoms with Crippen LogP contribution in [-0.4, -0.2) is 34.7 Å². The topological polar surface area (TPSA) is 75.6 Å². The van der Waals surface area contributed by atoms with Gasteiger partial charge in [-0.3, -0.25) is 9.59 Å². The SMILES string of the molecule is CC(C)(C)NC[C@H](CC(=O)OC(C)(C)C)C(=O)O. The molecule has 0 saturated carbocycles. The monoisotopic (exact) mass is 259 g/mol. The van der Waals surface area contributed by atoms with Gasteiger partial charge >= 0.3 is 11.9 Å². The van der Waals surface area contributed by atoms with Gasteiger partial charge in [-0.2, -0.15) is 0 Å². The van der Waals surface area contributed by atoms with Crippen LogP contribution in [-0.2, 0) is 14.3 Å². The molecule has 0 aliphatic heterocycles. The van der Waals surface area contributed by atoms with Crippen LogP contribution in [0.4, 0.5) is 0 Å². The Hall–Kier alpha value is -1.10. The highest BCUT2D eigenvalue weighted by Crippen LogP contribution is 2.12. The molecule has 106 valence electrons. The summed E-state index contributed by atoms with van der Waals surface area (Å²) in [5.41, 5.74) is -0.765. The third-order valence-electron chi connectivity index (χ3n) is 2.06. The lowest BCUT2D eigenvalue weighted by atomic mass is 10.0. The van der Waals surface area contributed by atoms with Gasteiger partial charge in [-0.25, -0.2) is 0 Å². The highest BCUT2D eigenvalue weighted by Gasteiger charge is 2.26. The van der Waals surface area contributed by atoms with Crippen LogP contribution >= 0.6 is 0 Å². The molecule has 1 atom stereocenters. The summed E-state index contributed by atoms with van der Waals surface area (Å²) in [7, 11) is 0. The molecule has 0 aromatic heterocycles. The first kappa shape index (κ1) is 16.9. The lowest BCUT2D eigenvalue weighted by Crippen LogP contribution is -2.42. The molecule has 0 unspecified atom stereocenters. The Balaban J connectivity index is 4.37. The second kappa shape index (κ2) is 6.18. The van der Waals surface area contributed by atoms with Crippen molar-refractivity contribution in [2.24, 2.45) is 5.92 Å². The first-order valence-electron chi connectivity index (χ1n) is 6.10. The fraction of sp³-hybridized carbons (Fsp3) is 0.846. The summed E-state index contributed by atoms with van der Waals surface area (Å²) in [6, 6.07) is 0. The Labute approximate surface area is 109 Å². The van der Waals surface area contributed by atoms with Crippen LogP contribution in [0.5, 0.6) is 0 Å². The average molecular weight is 259 g/mol. The fourth-order valence-electron chi connectivity index (χ4n) is 1.26. The number of aliphatic carboxylic acids is 1. The average Bonchev–Trinajstić information content (AvgIpc) is 2.06. The highest BCUT2D eigenvalue weighted by molar-refractivity contribution is 5.79. The van der Waals surface area contributed by atoms with Gasteiger partial charge in [-0.1, -0.05) is 0 Å². The zero-order chi connectivity index (χ0) is 14.6. The van der Waals surface area contributed by atoms with Gasteiger partial charge in [-0.15, -0.1) is 0 Å². The quantitative estimate of drug-likeness (QED) is 0.736. The summed E-state index contributed by atoms with van der Waals surface area (Å²) in [6.45, 7) is 11.4. The molecular formula is C13H25NO4. The van der Waals surface area contributed by atoms with E-state index in [0.29, 0.717) is 0 Å². The molecule has 5 heteroatoms. The van der Waals surface area contributed by atoms with Crippen LogP contribution < -0.4 is 5.32 Å². The van der Waals surface area contributed by atoms with E-state index in [2.05, 4.69) is 5.32 Å². The zero-order valence-corrected chi connectivity index (χ0v) is 12.2. The molecule has 0 heterocycles. The van der Waals surface area contributed by atoms with Crippen molar-refractivity contribution in [2.45, 2.75) is 59.1 Å². The van der Waals surface area contributed by atoms with Crippen LogP contribution in [0.1, 0.15) is 48.0 Å². The van der Waals surface area contributed by atoms with E-state index in [0.717, 1.165) is 0 Å². The maximum Gasteiger partial charge on any atom is 0.308 e. The van der Waals surface area contributed by atoms with Crippen LogP contribution in [0, 0.1) is 5.92 Å². The second-order valence-electron chi connectivity index (χ2n) is 6.46. The van der Waals surface area contributed by atoms with Crippen molar-refractivity contribution in [2.75, 3.05) is 6.54 Å². The molecule has 0 fully saturated rings. The maximum absolute atomic E-state index is 11.6. The van der Waals surface area contributed by atoms with Gasteiger partial charge in [0.15, 0.2) is 0 Å². The molecule has 18 heavy (non-hydrogen) atoms. The number of carboxylic acid groups (broad SMARTS) is 1. The van der Waals surface area contributed by atoms with E-state index in [4.69, 9.17) is 9.84 Å². The fourth-order valence-corrected chi connectivity index (χ4v) is 1.26. The van der Waals surface area contributed by atoms with Crippen LogP contribution in [0.25, 0.3) is 0 Å². The molecule has 0 amide bonds. The predicted octanol–water partition coefficient (Wildman–Crippen LogP) is 1.81. The Kier molecular flexibility index (Phi) is 5.80. The number of esters is 1. The summed E-state index contributed by atoms with van der Waals surface area (Å²) >= 11 is 0. The Bertz CT molecular complexity index is 299. The number of hydrogen-bond donors (Lipinski definition) is 2. The lowest BCUT2D eigenvalue weighted by molar-refractivity contribution is -0.159. The molecule has 5 nitrogen and oxygen atoms in total. The first-order valence-corrected chi connectivity index (χ1v) is 6.10. The summed E-state index contributed by atoms with van der Waals surface area (Å²) in [5.74, 6) is -2.23. The second-order valence-corrected chi connectivity index (χ2v) is 6.46. The minimum Gasteiger partial charge on any atom is -0.481 e. The number of rotatable bonds is 5. The summed E-state index contributed by atoms with van der Waals surface area (Å²) in [6.07, 6.45) is -0.115. The van der Waals surface area contributed by atoms with Gasteiger partial charge in [0.1, 0.15) is 5.60 Å². The Morgan fingerprint density at radius 2 is 1.67 bits per heavy atom. The van der Waals surface area contributed by atoms with E-state index < -0.39 is 23.5 Å². The van der Waals surface area contributed by atoms with Gasteiger partial charge in [0.25, 0.3) is 0 Å². The molecule has 0 aromatic rings. The van der Waals surface area contributed by atoms with E-state index in [1.807, 2.05) is 20.8 Å². The molecule has 0 radical (unpaired) electrons. The highest BCUT2D eigenvalue weighted by atomic mass is 16.6. The molecule has 0 aliphatic rings. The van der Waals surface area contributed by atoms with E-state index in [1.165, 1.54) is 0 Å². The Morgan fingerprint density at radius 3 is 2.00 bits per heavy atom. The van der Waals surface area contributed by atoms with Crippen LogP contribution in [0.3, 0.4) is 0 Å². The number of ether oxygens (including phenoxy) is 1. The summed E-state index contributed by atoms with van der Waals surface area (Å²) in [5, 5.41) is 12.2.